The van der Waals surface area contributed by atoms with Crippen LogP contribution in [0.1, 0.15) is 6.42 Å². The monoisotopic (exact) mass is 229 g/mol. The Kier molecular flexibility index (Phi) is 3.44. The third-order valence-electron chi connectivity index (χ3n) is 2.11. The molecule has 0 amide bonds. The first kappa shape index (κ1) is 11.8. The van der Waals surface area contributed by atoms with Gasteiger partial charge in [0.05, 0.1) is 18.1 Å². The zero-order chi connectivity index (χ0) is 10.8. The van der Waals surface area contributed by atoms with Crippen molar-refractivity contribution >= 4 is 9.84 Å². The van der Waals surface area contributed by atoms with Crippen molar-refractivity contribution in [1.29, 1.82) is 0 Å². The Labute approximate surface area is 81.2 Å². The lowest BCUT2D eigenvalue weighted by molar-refractivity contribution is -0.0488. The van der Waals surface area contributed by atoms with Gasteiger partial charge in [-0.25, -0.2) is 17.2 Å². The molecule has 1 aliphatic rings. The quantitative estimate of drug-likeness (QED) is 0.675. The first-order chi connectivity index (χ1) is 6.35. The minimum atomic E-state index is -3.17. The van der Waals surface area contributed by atoms with Crippen LogP contribution in [0.2, 0.25) is 0 Å². The van der Waals surface area contributed by atoms with Crippen LogP contribution in [0.4, 0.5) is 8.78 Å². The van der Waals surface area contributed by atoms with Crippen LogP contribution in [-0.2, 0) is 9.84 Å². The normalized spacial score (nSPS) is 26.6. The lowest BCUT2D eigenvalue weighted by Gasteiger charge is -2.17. The van der Waals surface area contributed by atoms with Crippen LogP contribution < -0.4 is 5.32 Å². The highest BCUT2D eigenvalue weighted by atomic mass is 32.2. The van der Waals surface area contributed by atoms with E-state index in [4.69, 9.17) is 5.11 Å². The minimum absolute atomic E-state index is 0.0510. The number of aliphatic hydroxyl groups is 1. The zero-order valence-corrected chi connectivity index (χ0v) is 8.36. The fraction of sp³-hybridized carbons (Fsp3) is 1.00. The molecule has 1 heterocycles. The van der Waals surface area contributed by atoms with Crippen LogP contribution >= 0.6 is 0 Å². The molecule has 1 rings (SSSR count). The van der Waals surface area contributed by atoms with Gasteiger partial charge < -0.3 is 10.4 Å². The van der Waals surface area contributed by atoms with Crippen molar-refractivity contribution in [3.05, 3.63) is 0 Å². The first-order valence-electron chi connectivity index (χ1n) is 4.27. The molecule has 14 heavy (non-hydrogen) atoms. The Bertz CT molecular complexity index is 291. The lowest BCUT2D eigenvalue weighted by atomic mass is 10.2. The fourth-order valence-electron chi connectivity index (χ4n) is 1.31. The molecule has 0 radical (unpaired) electrons. The Hall–Kier alpha value is -0.270. The second-order valence-electron chi connectivity index (χ2n) is 3.49. The molecule has 0 aromatic rings. The molecule has 2 N–H and O–H groups in total. The average molecular weight is 229 g/mol. The van der Waals surface area contributed by atoms with Gasteiger partial charge in [0.1, 0.15) is 6.61 Å². The second kappa shape index (κ2) is 4.08. The highest BCUT2D eigenvalue weighted by Gasteiger charge is 2.32. The number of halogens is 2. The van der Waals surface area contributed by atoms with E-state index in [2.05, 4.69) is 5.32 Å². The van der Waals surface area contributed by atoms with Crippen molar-refractivity contribution in [2.75, 3.05) is 24.7 Å². The van der Waals surface area contributed by atoms with E-state index in [1.165, 1.54) is 0 Å². The predicted molar refractivity (Wildman–Crippen MR) is 47.1 cm³/mol. The molecule has 0 aromatic heterocycles. The number of nitrogens with one attached hydrogen (secondary N) is 1. The summed E-state index contributed by atoms with van der Waals surface area (Å²) < 4.78 is 47.0. The molecule has 1 fully saturated rings. The van der Waals surface area contributed by atoms with Gasteiger partial charge in [-0.15, -0.1) is 0 Å². The summed E-state index contributed by atoms with van der Waals surface area (Å²) in [5.74, 6) is -3.21. The maximum Gasteiger partial charge on any atom is 0.282 e. The van der Waals surface area contributed by atoms with Crippen LogP contribution in [0, 0.1) is 0 Å². The fourth-order valence-corrected chi connectivity index (χ4v) is 3.01. The molecule has 1 saturated heterocycles. The van der Waals surface area contributed by atoms with Gasteiger partial charge in [-0.1, -0.05) is 0 Å². The number of sulfone groups is 1. The number of hydrogen-bond acceptors (Lipinski definition) is 4. The third kappa shape index (κ3) is 3.47. The molecule has 0 spiro atoms. The molecule has 84 valence electrons. The van der Waals surface area contributed by atoms with Crippen LogP contribution in [0.5, 0.6) is 0 Å². The summed E-state index contributed by atoms with van der Waals surface area (Å²) >= 11 is 0. The van der Waals surface area contributed by atoms with Crippen molar-refractivity contribution in [2.24, 2.45) is 0 Å². The average Bonchev–Trinajstić information content (AvgIpc) is 2.43. The summed E-state index contributed by atoms with van der Waals surface area (Å²) in [5.41, 5.74) is 0. The Morgan fingerprint density at radius 3 is 2.57 bits per heavy atom. The van der Waals surface area contributed by atoms with Crippen LogP contribution in [0.3, 0.4) is 0 Å². The van der Waals surface area contributed by atoms with Gasteiger partial charge in [0.25, 0.3) is 5.92 Å². The minimum Gasteiger partial charge on any atom is -0.390 e. The predicted octanol–water partition coefficient (Wildman–Crippen LogP) is -0.609. The van der Waals surface area contributed by atoms with Gasteiger partial charge in [0.15, 0.2) is 9.84 Å². The molecule has 1 atom stereocenters. The lowest BCUT2D eigenvalue weighted by Crippen LogP contribution is -2.41. The Morgan fingerprint density at radius 1 is 1.50 bits per heavy atom. The van der Waals surface area contributed by atoms with Gasteiger partial charge >= 0.3 is 0 Å². The van der Waals surface area contributed by atoms with Crippen molar-refractivity contribution in [3.63, 3.8) is 0 Å². The van der Waals surface area contributed by atoms with E-state index >= 15 is 0 Å². The Morgan fingerprint density at radius 2 is 2.14 bits per heavy atom. The van der Waals surface area contributed by atoms with E-state index in [-0.39, 0.29) is 11.5 Å². The zero-order valence-electron chi connectivity index (χ0n) is 7.54. The van der Waals surface area contributed by atoms with Crippen molar-refractivity contribution in [2.45, 2.75) is 18.4 Å². The molecule has 0 saturated carbocycles. The highest BCUT2D eigenvalue weighted by Crippen LogP contribution is 2.14. The van der Waals surface area contributed by atoms with Crippen LogP contribution in [-0.4, -0.2) is 50.1 Å². The van der Waals surface area contributed by atoms with E-state index in [9.17, 15) is 17.2 Å². The summed E-state index contributed by atoms with van der Waals surface area (Å²) in [6, 6.07) is -0.405. The number of aliphatic hydroxyl groups excluding tert-OH is 1. The van der Waals surface area contributed by atoms with Crippen molar-refractivity contribution in [3.8, 4) is 0 Å². The number of alkyl halides is 2. The summed E-state index contributed by atoms with van der Waals surface area (Å²) in [6.45, 7) is -1.90. The van der Waals surface area contributed by atoms with Crippen LogP contribution in [0.25, 0.3) is 0 Å². The maximum absolute atomic E-state index is 12.5. The van der Waals surface area contributed by atoms with E-state index < -0.39 is 35.0 Å². The second-order valence-corrected chi connectivity index (χ2v) is 5.72. The van der Waals surface area contributed by atoms with Crippen molar-refractivity contribution < 1.29 is 22.3 Å². The highest BCUT2D eigenvalue weighted by molar-refractivity contribution is 7.91. The van der Waals surface area contributed by atoms with E-state index in [0.717, 1.165) is 0 Å². The number of hydrogen-bond donors (Lipinski definition) is 2. The first-order valence-corrected chi connectivity index (χ1v) is 6.09. The summed E-state index contributed by atoms with van der Waals surface area (Å²) in [6.07, 6.45) is 0.365. The van der Waals surface area contributed by atoms with Crippen molar-refractivity contribution in [1.82, 2.24) is 5.32 Å². The SMILES string of the molecule is O=S1(=O)CCC(NCC(F)(F)CO)C1. The molecule has 0 aromatic carbocycles. The smallest absolute Gasteiger partial charge is 0.282 e. The van der Waals surface area contributed by atoms with Gasteiger partial charge in [0, 0.05) is 6.04 Å². The molecule has 1 aliphatic heterocycles. The summed E-state index contributed by atoms with van der Waals surface area (Å²) in [5, 5.41) is 10.7. The third-order valence-corrected chi connectivity index (χ3v) is 3.88. The molecular weight excluding hydrogens is 216 g/mol. The van der Waals surface area contributed by atoms with E-state index in [0.29, 0.717) is 6.42 Å². The van der Waals surface area contributed by atoms with Crippen LogP contribution in [0.15, 0.2) is 0 Å². The topological polar surface area (TPSA) is 66.4 Å². The number of rotatable bonds is 4. The molecule has 1 unspecified atom stereocenters. The molecule has 0 aliphatic carbocycles. The largest absolute Gasteiger partial charge is 0.390 e. The van der Waals surface area contributed by atoms with Gasteiger partial charge in [0.2, 0.25) is 0 Å². The summed E-state index contributed by atoms with van der Waals surface area (Å²) in [7, 11) is -3.04. The summed E-state index contributed by atoms with van der Waals surface area (Å²) in [4.78, 5) is 0. The van der Waals surface area contributed by atoms with Gasteiger partial charge in [-0.3, -0.25) is 0 Å². The Balaban J connectivity index is 2.34. The van der Waals surface area contributed by atoms with E-state index in [1.54, 1.807) is 0 Å². The molecular formula is C7H13F2NO3S. The van der Waals surface area contributed by atoms with E-state index in [1.807, 2.05) is 0 Å². The standard InChI is InChI=1S/C7H13F2NO3S/c8-7(9,5-11)4-10-6-1-2-14(12,13)3-6/h6,10-11H,1-5H2. The van der Waals surface area contributed by atoms with Gasteiger partial charge in [-0.05, 0) is 6.42 Å². The molecule has 4 nitrogen and oxygen atoms in total. The molecule has 0 bridgehead atoms. The maximum atomic E-state index is 12.5. The van der Waals surface area contributed by atoms with Gasteiger partial charge in [-0.2, -0.15) is 0 Å². The molecule has 7 heteroatoms.